The highest BCUT2D eigenvalue weighted by Crippen LogP contribution is 2.50. The van der Waals surface area contributed by atoms with E-state index in [9.17, 15) is 0 Å². The van der Waals surface area contributed by atoms with Crippen LogP contribution in [0.25, 0.3) is 76.8 Å². The van der Waals surface area contributed by atoms with Crippen LogP contribution in [-0.2, 0) is 6.42 Å². The van der Waals surface area contributed by atoms with E-state index in [-0.39, 0.29) is 13.4 Å². The van der Waals surface area contributed by atoms with Gasteiger partial charge in [-0.3, -0.25) is 0 Å². The smallest absolute Gasteiger partial charge is 0.248 e. The molecule has 0 N–H and O–H groups in total. The van der Waals surface area contributed by atoms with Crippen LogP contribution in [0.5, 0.6) is 0 Å². The van der Waals surface area contributed by atoms with Crippen molar-refractivity contribution < 1.29 is 0 Å². The Balaban J connectivity index is 1.26. The number of para-hydroxylation sites is 1. The summed E-state index contributed by atoms with van der Waals surface area (Å²) in [5.74, 6) is 0. The molecule has 0 aromatic heterocycles. The maximum Gasteiger partial charge on any atom is 0.248 e. The molecule has 10 aromatic carbocycles. The zero-order valence-corrected chi connectivity index (χ0v) is 31.5. The Labute approximate surface area is 332 Å². The molecule has 0 atom stereocenters. The molecule has 260 valence electrons. The summed E-state index contributed by atoms with van der Waals surface area (Å²) >= 11 is 0. The Morgan fingerprint density at radius 2 is 0.877 bits per heavy atom. The average molecular weight is 717 g/mol. The van der Waals surface area contributed by atoms with E-state index in [1.54, 1.807) is 0 Å². The molecule has 4 heterocycles. The quantitative estimate of drug-likeness (QED) is 0.128. The second-order valence-corrected chi connectivity index (χ2v) is 16.7. The molecule has 57 heavy (non-hydrogen) atoms. The van der Waals surface area contributed by atoms with Crippen molar-refractivity contribution in [1.82, 2.24) is 0 Å². The zero-order valence-electron chi connectivity index (χ0n) is 31.5. The van der Waals surface area contributed by atoms with Gasteiger partial charge in [0, 0.05) is 18.4 Å². The van der Waals surface area contributed by atoms with Crippen LogP contribution in [0.3, 0.4) is 0 Å². The summed E-state index contributed by atoms with van der Waals surface area (Å²) in [6.45, 7) is 0.289. The van der Waals surface area contributed by atoms with E-state index in [4.69, 9.17) is 0 Å². The highest BCUT2D eigenvalue weighted by molar-refractivity contribution is 7.02. The molecular weight excluding hydrogens is 684 g/mol. The van der Waals surface area contributed by atoms with Crippen molar-refractivity contribution in [1.29, 1.82) is 0 Å². The molecule has 4 aliphatic heterocycles. The number of hydrogen-bond donors (Lipinski definition) is 0. The maximum atomic E-state index is 2.64. The predicted molar refractivity (Wildman–Crippen MR) is 245 cm³/mol. The number of anilines is 2. The van der Waals surface area contributed by atoms with Crippen LogP contribution in [0.15, 0.2) is 170 Å². The van der Waals surface area contributed by atoms with E-state index in [0.29, 0.717) is 0 Å². The van der Waals surface area contributed by atoms with E-state index >= 15 is 0 Å². The van der Waals surface area contributed by atoms with Crippen LogP contribution in [-0.4, -0.2) is 20.5 Å². The lowest BCUT2D eigenvalue weighted by Crippen LogP contribution is -2.60. The molecule has 10 aromatic rings. The Kier molecular flexibility index (Phi) is 5.72. The van der Waals surface area contributed by atoms with Gasteiger partial charge in [0.05, 0.1) is 0 Å². The molecule has 0 bridgehead atoms. The standard InChI is InChI=1S/C54H33B2N/c1-57-47-24-11-10-23-44(47)56-46-30-42-37(31-14-4-2-5-15-31)27-39-35-20-12-19-34-26-33-18-8-9-22-43(33)55(53(34)35)45-29-41-38(32-16-6-3-7-17-32)28-40(36-21-13-25-48(57)54(36)56)50(46)52(41)51(42)49(39)45/h2-25,27-30H,26H2,1H3. The van der Waals surface area contributed by atoms with Crippen LogP contribution < -0.4 is 37.7 Å². The molecule has 0 fully saturated rings. The fourth-order valence-corrected chi connectivity index (χ4v) is 11.9. The SMILES string of the molecule is CN1c2ccccc2B2c3c(cccc31)-c1cc(-c3ccccc3)c3cc4c5c(cc(-c6ccccc6)c6cc2c1c3c65)-c1cccc2c1B4c1ccccc1C2. The highest BCUT2D eigenvalue weighted by Gasteiger charge is 2.43. The van der Waals surface area contributed by atoms with Gasteiger partial charge in [0.15, 0.2) is 0 Å². The van der Waals surface area contributed by atoms with Crippen LogP contribution in [0, 0.1) is 0 Å². The van der Waals surface area contributed by atoms with Crippen LogP contribution in [0.1, 0.15) is 11.1 Å². The maximum absolute atomic E-state index is 2.64. The van der Waals surface area contributed by atoms with Gasteiger partial charge in [-0.2, -0.15) is 0 Å². The Morgan fingerprint density at radius 1 is 0.368 bits per heavy atom. The third kappa shape index (κ3) is 3.73. The van der Waals surface area contributed by atoms with Crippen molar-refractivity contribution in [2.45, 2.75) is 6.42 Å². The molecular formula is C54H33B2N. The first-order valence-electron chi connectivity index (χ1n) is 20.4. The minimum Gasteiger partial charge on any atom is -0.345 e. The third-order valence-corrected chi connectivity index (χ3v) is 14.1. The summed E-state index contributed by atoms with van der Waals surface area (Å²) in [5.41, 5.74) is 24.7. The first kappa shape index (κ1) is 30.4. The van der Waals surface area contributed by atoms with Gasteiger partial charge in [0.25, 0.3) is 0 Å². The van der Waals surface area contributed by atoms with Crippen molar-refractivity contribution in [2.24, 2.45) is 0 Å². The van der Waals surface area contributed by atoms with Gasteiger partial charge >= 0.3 is 0 Å². The predicted octanol–water partition coefficient (Wildman–Crippen LogP) is 8.90. The minimum atomic E-state index is 0.120. The lowest BCUT2D eigenvalue weighted by atomic mass is 9.30. The topological polar surface area (TPSA) is 3.24 Å². The van der Waals surface area contributed by atoms with Gasteiger partial charge < -0.3 is 4.90 Å². The molecule has 0 amide bonds. The summed E-state index contributed by atoms with van der Waals surface area (Å²) in [6, 6.07) is 65.2. The number of hydrogen-bond acceptors (Lipinski definition) is 1. The Bertz CT molecular complexity index is 3400. The van der Waals surface area contributed by atoms with Crippen molar-refractivity contribution in [3.8, 4) is 44.5 Å². The summed E-state index contributed by atoms with van der Waals surface area (Å²) in [6.07, 6.45) is 0.972. The summed E-state index contributed by atoms with van der Waals surface area (Å²) in [7, 11) is 2.24. The van der Waals surface area contributed by atoms with Gasteiger partial charge in [0.2, 0.25) is 13.4 Å². The molecule has 0 radical (unpaired) electrons. The van der Waals surface area contributed by atoms with E-state index < -0.39 is 0 Å². The van der Waals surface area contributed by atoms with Gasteiger partial charge in [-0.25, -0.2) is 0 Å². The van der Waals surface area contributed by atoms with Gasteiger partial charge in [-0.15, -0.1) is 0 Å². The highest BCUT2D eigenvalue weighted by atomic mass is 15.1. The monoisotopic (exact) mass is 717 g/mol. The molecule has 0 unspecified atom stereocenters. The number of benzene rings is 10. The molecule has 0 spiro atoms. The minimum absolute atomic E-state index is 0.120. The number of rotatable bonds is 2. The molecule has 14 rings (SSSR count). The van der Waals surface area contributed by atoms with E-state index in [1.165, 1.54) is 132 Å². The molecule has 3 heteroatoms. The number of fused-ring (bicyclic) bond motifs is 8. The molecule has 0 saturated carbocycles. The Morgan fingerprint density at radius 3 is 1.54 bits per heavy atom. The van der Waals surface area contributed by atoms with Gasteiger partial charge in [-0.1, -0.05) is 167 Å². The summed E-state index contributed by atoms with van der Waals surface area (Å²) in [4.78, 5) is 2.41. The van der Waals surface area contributed by atoms with Crippen molar-refractivity contribution in [3.05, 3.63) is 181 Å². The molecule has 1 nitrogen and oxygen atoms in total. The van der Waals surface area contributed by atoms with Crippen LogP contribution >= 0.6 is 0 Å². The van der Waals surface area contributed by atoms with Gasteiger partial charge in [-0.05, 0) is 130 Å². The lowest BCUT2D eigenvalue weighted by Gasteiger charge is -2.40. The fourth-order valence-electron chi connectivity index (χ4n) is 11.9. The fraction of sp³-hybridized carbons (Fsp3) is 0.0370. The lowest BCUT2D eigenvalue weighted by molar-refractivity contribution is 1.21. The van der Waals surface area contributed by atoms with Crippen LogP contribution in [0.4, 0.5) is 11.4 Å². The number of nitrogens with zero attached hydrogens (tertiary/aromatic N) is 1. The largest absolute Gasteiger partial charge is 0.345 e. The Hall–Kier alpha value is -6.83. The van der Waals surface area contributed by atoms with Crippen LogP contribution in [0.2, 0.25) is 0 Å². The third-order valence-electron chi connectivity index (χ3n) is 14.1. The molecule has 0 saturated heterocycles. The van der Waals surface area contributed by atoms with E-state index in [2.05, 4.69) is 182 Å². The second-order valence-electron chi connectivity index (χ2n) is 16.7. The van der Waals surface area contributed by atoms with Crippen molar-refractivity contribution in [2.75, 3.05) is 11.9 Å². The average Bonchev–Trinajstić information content (AvgIpc) is 3.27. The molecule has 0 aliphatic carbocycles. The summed E-state index contributed by atoms with van der Waals surface area (Å²) in [5, 5.41) is 8.37. The molecule has 4 aliphatic rings. The normalized spacial score (nSPS) is 13.9. The zero-order chi connectivity index (χ0) is 37.1. The van der Waals surface area contributed by atoms with Crippen molar-refractivity contribution in [3.63, 3.8) is 0 Å². The first-order valence-corrected chi connectivity index (χ1v) is 20.4. The first-order chi connectivity index (χ1) is 28.2. The van der Waals surface area contributed by atoms with E-state index in [0.717, 1.165) is 6.42 Å². The van der Waals surface area contributed by atoms with E-state index in [1.807, 2.05) is 0 Å². The second kappa shape index (κ2) is 10.7. The summed E-state index contributed by atoms with van der Waals surface area (Å²) < 4.78 is 0. The van der Waals surface area contributed by atoms with Crippen molar-refractivity contribution >= 4 is 89.9 Å². The van der Waals surface area contributed by atoms with Gasteiger partial charge in [0.1, 0.15) is 0 Å².